The molecule has 0 saturated heterocycles. The molecule has 3 N–H and O–H groups in total. The van der Waals surface area contributed by atoms with E-state index >= 15 is 0 Å². The molecule has 0 aliphatic heterocycles. The van der Waals surface area contributed by atoms with Crippen LogP contribution < -0.4 is 10.5 Å². The Kier molecular flexibility index (Phi) is 2.51. The highest BCUT2D eigenvalue weighted by atomic mass is 32.1. The highest BCUT2D eigenvalue weighted by Crippen LogP contribution is 2.25. The fourth-order valence-corrected chi connectivity index (χ4v) is 1.92. The third-order valence-electron chi connectivity index (χ3n) is 1.98. The van der Waals surface area contributed by atoms with Crippen LogP contribution in [0.15, 0.2) is 24.4 Å². The molecule has 0 aliphatic carbocycles. The zero-order valence-corrected chi connectivity index (χ0v) is 8.54. The summed E-state index contributed by atoms with van der Waals surface area (Å²) in [6, 6.07) is 5.59. The molecule has 0 radical (unpaired) electrons. The first-order valence-corrected chi connectivity index (χ1v) is 4.98. The van der Waals surface area contributed by atoms with Gasteiger partial charge < -0.3 is 15.5 Å². The van der Waals surface area contributed by atoms with Gasteiger partial charge in [-0.2, -0.15) is 4.37 Å². The third kappa shape index (κ3) is 1.64. The van der Waals surface area contributed by atoms with Crippen molar-refractivity contribution in [1.82, 2.24) is 9.36 Å². The van der Waals surface area contributed by atoms with E-state index in [1.165, 1.54) is 11.5 Å². The van der Waals surface area contributed by atoms with Crippen molar-refractivity contribution in [3.63, 3.8) is 0 Å². The molecular weight excluding hydrogens is 198 g/mol. The van der Waals surface area contributed by atoms with Crippen molar-refractivity contribution in [2.45, 2.75) is 6.04 Å². The predicted octanol–water partition coefficient (Wildman–Crippen LogP) is 1.53. The van der Waals surface area contributed by atoms with E-state index in [0.29, 0.717) is 5.88 Å². The van der Waals surface area contributed by atoms with Crippen molar-refractivity contribution in [1.29, 1.82) is 0 Å². The van der Waals surface area contributed by atoms with Gasteiger partial charge in [-0.1, -0.05) is 0 Å². The molecule has 4 nitrogen and oxygen atoms in total. The zero-order valence-electron chi connectivity index (χ0n) is 7.73. The van der Waals surface area contributed by atoms with Gasteiger partial charge >= 0.3 is 0 Å². The van der Waals surface area contributed by atoms with Gasteiger partial charge in [0.05, 0.1) is 18.0 Å². The largest absolute Gasteiger partial charge is 0.480 e. The Morgan fingerprint density at radius 2 is 2.50 bits per heavy atom. The van der Waals surface area contributed by atoms with Gasteiger partial charge in [0.1, 0.15) is 0 Å². The molecule has 0 fully saturated rings. The first-order chi connectivity index (χ1) is 6.81. The second kappa shape index (κ2) is 3.81. The summed E-state index contributed by atoms with van der Waals surface area (Å²) in [7, 11) is 1.60. The molecule has 14 heavy (non-hydrogen) atoms. The lowest BCUT2D eigenvalue weighted by atomic mass is 10.2. The minimum Gasteiger partial charge on any atom is -0.480 e. The maximum Gasteiger partial charge on any atom is 0.225 e. The van der Waals surface area contributed by atoms with Gasteiger partial charge in [0.2, 0.25) is 5.88 Å². The summed E-state index contributed by atoms with van der Waals surface area (Å²) in [5.41, 5.74) is 7.00. The van der Waals surface area contributed by atoms with Gasteiger partial charge in [-0.25, -0.2) is 0 Å². The molecule has 1 unspecified atom stereocenters. The van der Waals surface area contributed by atoms with Crippen LogP contribution >= 0.6 is 11.5 Å². The van der Waals surface area contributed by atoms with Crippen LogP contribution in [-0.4, -0.2) is 16.5 Å². The summed E-state index contributed by atoms with van der Waals surface area (Å²) in [5.74, 6) is 0.618. The van der Waals surface area contributed by atoms with Crippen molar-refractivity contribution >= 4 is 11.5 Å². The molecule has 2 rings (SSSR count). The SMILES string of the molecule is COc1cc(C(N)c2ccc[nH]2)sn1. The molecule has 0 bridgehead atoms. The lowest BCUT2D eigenvalue weighted by Gasteiger charge is -2.05. The summed E-state index contributed by atoms with van der Waals surface area (Å²) in [4.78, 5) is 4.07. The molecule has 0 amide bonds. The Morgan fingerprint density at radius 1 is 1.64 bits per heavy atom. The zero-order chi connectivity index (χ0) is 9.97. The molecule has 0 aliphatic rings. The van der Waals surface area contributed by atoms with Crippen LogP contribution in [0, 0.1) is 0 Å². The minimum absolute atomic E-state index is 0.147. The molecule has 0 spiro atoms. The highest BCUT2D eigenvalue weighted by Gasteiger charge is 2.13. The standard InChI is InChI=1S/C9H11N3OS/c1-13-8-5-7(14-12-8)9(10)6-3-2-4-11-6/h2-5,9,11H,10H2,1H3. The minimum atomic E-state index is -0.147. The van der Waals surface area contributed by atoms with Crippen molar-refractivity contribution in [2.24, 2.45) is 5.73 Å². The Bertz CT molecular complexity index is 396. The number of rotatable bonds is 3. The average Bonchev–Trinajstić information content (AvgIpc) is 2.88. The van der Waals surface area contributed by atoms with Crippen molar-refractivity contribution in [2.75, 3.05) is 7.11 Å². The molecular formula is C9H11N3OS. The summed E-state index contributed by atoms with van der Waals surface area (Å²) in [5, 5.41) is 0. The summed E-state index contributed by atoms with van der Waals surface area (Å²) in [6.07, 6.45) is 1.85. The highest BCUT2D eigenvalue weighted by molar-refractivity contribution is 7.06. The summed E-state index contributed by atoms with van der Waals surface area (Å²) < 4.78 is 9.09. The third-order valence-corrected chi connectivity index (χ3v) is 2.83. The Balaban J connectivity index is 2.23. The first kappa shape index (κ1) is 9.23. The number of hydrogen-bond donors (Lipinski definition) is 2. The number of nitrogens with two attached hydrogens (primary N) is 1. The van der Waals surface area contributed by atoms with E-state index in [1.807, 2.05) is 24.4 Å². The van der Waals surface area contributed by atoms with Gasteiger partial charge in [0, 0.05) is 18.0 Å². The van der Waals surface area contributed by atoms with Gasteiger partial charge in [0.15, 0.2) is 0 Å². The normalized spacial score (nSPS) is 12.7. The average molecular weight is 209 g/mol. The predicted molar refractivity (Wildman–Crippen MR) is 55.5 cm³/mol. The maximum absolute atomic E-state index is 6.01. The van der Waals surface area contributed by atoms with E-state index in [4.69, 9.17) is 10.5 Å². The Labute approximate surface area is 85.9 Å². The van der Waals surface area contributed by atoms with E-state index < -0.39 is 0 Å². The maximum atomic E-state index is 6.01. The molecule has 0 aromatic carbocycles. The molecule has 1 atom stereocenters. The van der Waals surface area contributed by atoms with Gasteiger partial charge in [0.25, 0.3) is 0 Å². The van der Waals surface area contributed by atoms with E-state index in [9.17, 15) is 0 Å². The quantitative estimate of drug-likeness (QED) is 0.805. The van der Waals surface area contributed by atoms with Crippen LogP contribution in [0.2, 0.25) is 0 Å². The number of nitrogens with zero attached hydrogens (tertiary/aromatic N) is 1. The molecule has 2 aromatic heterocycles. The number of ether oxygens (including phenoxy) is 1. The molecule has 2 aromatic rings. The molecule has 0 saturated carbocycles. The van der Waals surface area contributed by atoms with Gasteiger partial charge in [-0.15, -0.1) is 0 Å². The van der Waals surface area contributed by atoms with Gasteiger partial charge in [-0.05, 0) is 23.7 Å². The molecule has 5 heteroatoms. The lowest BCUT2D eigenvalue weighted by molar-refractivity contribution is 0.402. The van der Waals surface area contributed by atoms with Crippen molar-refractivity contribution in [3.8, 4) is 5.88 Å². The molecule has 2 heterocycles. The van der Waals surface area contributed by atoms with Crippen molar-refractivity contribution in [3.05, 3.63) is 35.0 Å². The summed E-state index contributed by atoms with van der Waals surface area (Å²) >= 11 is 1.36. The summed E-state index contributed by atoms with van der Waals surface area (Å²) in [6.45, 7) is 0. The van der Waals surface area contributed by atoms with Gasteiger partial charge in [-0.3, -0.25) is 0 Å². The topological polar surface area (TPSA) is 63.9 Å². The van der Waals surface area contributed by atoms with Crippen LogP contribution in [-0.2, 0) is 0 Å². The van der Waals surface area contributed by atoms with E-state index in [1.54, 1.807) is 7.11 Å². The number of nitrogens with one attached hydrogen (secondary N) is 1. The number of hydrogen-bond acceptors (Lipinski definition) is 4. The second-order valence-corrected chi connectivity index (χ2v) is 3.71. The number of H-pyrrole nitrogens is 1. The van der Waals surface area contributed by atoms with E-state index in [-0.39, 0.29) is 6.04 Å². The van der Waals surface area contributed by atoms with Crippen LogP contribution in [0.25, 0.3) is 0 Å². The molecule has 74 valence electrons. The van der Waals surface area contributed by atoms with Crippen molar-refractivity contribution < 1.29 is 4.74 Å². The van der Waals surface area contributed by atoms with Crippen LogP contribution in [0.1, 0.15) is 16.6 Å². The van der Waals surface area contributed by atoms with Crippen LogP contribution in [0.3, 0.4) is 0 Å². The van der Waals surface area contributed by atoms with Crippen LogP contribution in [0.4, 0.5) is 0 Å². The van der Waals surface area contributed by atoms with E-state index in [0.717, 1.165) is 10.6 Å². The number of aromatic nitrogens is 2. The smallest absolute Gasteiger partial charge is 0.225 e. The second-order valence-electron chi connectivity index (χ2n) is 2.87. The fourth-order valence-electron chi connectivity index (χ4n) is 1.21. The number of methoxy groups -OCH3 is 1. The number of aromatic amines is 1. The first-order valence-electron chi connectivity index (χ1n) is 4.20. The van der Waals surface area contributed by atoms with E-state index in [2.05, 4.69) is 9.36 Å². The fraction of sp³-hybridized carbons (Fsp3) is 0.222. The van der Waals surface area contributed by atoms with Crippen LogP contribution in [0.5, 0.6) is 5.88 Å². The Morgan fingerprint density at radius 3 is 3.07 bits per heavy atom. The monoisotopic (exact) mass is 209 g/mol. The Hall–Kier alpha value is -1.33. The lowest BCUT2D eigenvalue weighted by Crippen LogP contribution is -2.10.